The van der Waals surface area contributed by atoms with Gasteiger partial charge in [0.05, 0.1) is 0 Å². The van der Waals surface area contributed by atoms with Crippen molar-refractivity contribution in [1.82, 2.24) is 0 Å². The summed E-state index contributed by atoms with van der Waals surface area (Å²) < 4.78 is 0. The van der Waals surface area contributed by atoms with E-state index in [4.69, 9.17) is 0 Å². The lowest BCUT2D eigenvalue weighted by Gasteiger charge is -2.37. The number of hydrogen-bond donors (Lipinski definition) is 6. The maximum Gasteiger partial charge on any atom is 0.184 e. The van der Waals surface area contributed by atoms with Gasteiger partial charge in [-0.05, 0) is 20.8 Å². The van der Waals surface area contributed by atoms with Gasteiger partial charge in [0.2, 0.25) is 0 Å². The molecule has 122 valence electrons. The lowest BCUT2D eigenvalue weighted by molar-refractivity contribution is -0.202. The van der Waals surface area contributed by atoms with E-state index in [1.807, 2.05) is 0 Å². The fraction of sp³-hybridized carbons (Fsp3) is 0.750. The Labute approximate surface area is 120 Å². The molecule has 9 heteroatoms. The average molecular weight is 308 g/mol. The van der Waals surface area contributed by atoms with Crippen molar-refractivity contribution in [2.24, 2.45) is 0 Å². The van der Waals surface area contributed by atoms with Gasteiger partial charge in [-0.25, -0.2) is 0 Å². The molecule has 0 rings (SSSR count). The van der Waals surface area contributed by atoms with Gasteiger partial charge in [-0.15, -0.1) is 0 Å². The van der Waals surface area contributed by atoms with Crippen LogP contribution in [-0.4, -0.2) is 84.1 Å². The van der Waals surface area contributed by atoms with E-state index < -0.39 is 53.5 Å². The Morgan fingerprint density at radius 1 is 0.810 bits per heavy atom. The number of hydrogen-bond acceptors (Lipinski definition) is 9. The quantitative estimate of drug-likeness (QED) is 0.264. The number of ketones is 3. The van der Waals surface area contributed by atoms with E-state index >= 15 is 0 Å². The summed E-state index contributed by atoms with van der Waals surface area (Å²) in [5, 5.41) is 57.9. The number of carbonyl (C=O) groups is 3. The van der Waals surface area contributed by atoms with E-state index in [-0.39, 0.29) is 0 Å². The van der Waals surface area contributed by atoms with Crippen molar-refractivity contribution >= 4 is 17.3 Å². The Bertz CT molecular complexity index is 421. The highest BCUT2D eigenvalue weighted by Gasteiger charge is 2.53. The van der Waals surface area contributed by atoms with Crippen molar-refractivity contribution in [3.05, 3.63) is 0 Å². The third-order valence-corrected chi connectivity index (χ3v) is 3.23. The van der Waals surface area contributed by atoms with Crippen molar-refractivity contribution in [1.29, 1.82) is 0 Å². The normalized spacial score (nSPS) is 21.6. The zero-order valence-corrected chi connectivity index (χ0v) is 11.8. The van der Waals surface area contributed by atoms with Crippen molar-refractivity contribution in [2.45, 2.75) is 56.9 Å². The van der Waals surface area contributed by atoms with Crippen LogP contribution in [0.3, 0.4) is 0 Å². The maximum absolute atomic E-state index is 11.4. The van der Waals surface area contributed by atoms with Crippen molar-refractivity contribution in [3.8, 4) is 0 Å². The van der Waals surface area contributed by atoms with E-state index in [9.17, 15) is 45.0 Å². The third kappa shape index (κ3) is 3.90. The Morgan fingerprint density at radius 3 is 1.52 bits per heavy atom. The molecule has 0 aromatic carbocycles. The summed E-state index contributed by atoms with van der Waals surface area (Å²) in [7, 11) is 0. The van der Waals surface area contributed by atoms with Crippen LogP contribution in [0.25, 0.3) is 0 Å². The van der Waals surface area contributed by atoms with Gasteiger partial charge in [0.25, 0.3) is 0 Å². The summed E-state index contributed by atoms with van der Waals surface area (Å²) >= 11 is 0. The number of Topliss-reactive ketones (excluding diaryl/α,β-unsaturated/α-hetero) is 3. The molecule has 0 radical (unpaired) electrons. The van der Waals surface area contributed by atoms with Crippen LogP contribution in [0.2, 0.25) is 0 Å². The highest BCUT2D eigenvalue weighted by Crippen LogP contribution is 2.23. The number of aliphatic hydroxyl groups is 6. The lowest BCUT2D eigenvalue weighted by Crippen LogP contribution is -2.65. The molecule has 0 amide bonds. The van der Waals surface area contributed by atoms with Crippen LogP contribution in [0.1, 0.15) is 20.8 Å². The summed E-state index contributed by atoms with van der Waals surface area (Å²) in [5.74, 6) is -3.26. The molecular formula is C12H20O9. The molecule has 0 spiro atoms. The van der Waals surface area contributed by atoms with Gasteiger partial charge >= 0.3 is 0 Å². The molecule has 9 nitrogen and oxygen atoms in total. The highest BCUT2D eigenvalue weighted by atomic mass is 16.4. The van der Waals surface area contributed by atoms with Gasteiger partial charge in [-0.2, -0.15) is 0 Å². The molecule has 0 fully saturated rings. The first-order valence-corrected chi connectivity index (χ1v) is 6.03. The van der Waals surface area contributed by atoms with Crippen LogP contribution in [0, 0.1) is 0 Å². The van der Waals surface area contributed by atoms with E-state index in [2.05, 4.69) is 0 Å². The van der Waals surface area contributed by atoms with Gasteiger partial charge < -0.3 is 30.6 Å². The van der Waals surface area contributed by atoms with Gasteiger partial charge in [0.1, 0.15) is 24.4 Å². The fourth-order valence-corrected chi connectivity index (χ4v) is 1.75. The van der Waals surface area contributed by atoms with Gasteiger partial charge in [-0.1, -0.05) is 0 Å². The van der Waals surface area contributed by atoms with Crippen LogP contribution in [-0.2, 0) is 14.4 Å². The van der Waals surface area contributed by atoms with E-state index in [0.29, 0.717) is 0 Å². The predicted octanol–water partition coefficient (Wildman–Crippen LogP) is -3.71. The summed E-state index contributed by atoms with van der Waals surface area (Å²) in [6.07, 6.45) is -11.6. The SMILES string of the molecule is CC(=O)C(O)[C@H](O)[C@@H](O)[C@H](O)[C@@](O)(C(C)=O)C(O)C(C)=O. The maximum atomic E-state index is 11.4. The first-order chi connectivity index (χ1) is 9.38. The first kappa shape index (κ1) is 19.8. The lowest BCUT2D eigenvalue weighted by atomic mass is 9.80. The molecule has 0 aromatic heterocycles. The minimum absolute atomic E-state index is 0.746. The third-order valence-electron chi connectivity index (χ3n) is 3.23. The second kappa shape index (κ2) is 7.16. The average Bonchev–Trinajstić information content (AvgIpc) is 2.41. The molecule has 0 saturated carbocycles. The molecule has 6 atom stereocenters. The Morgan fingerprint density at radius 2 is 1.24 bits per heavy atom. The monoisotopic (exact) mass is 308 g/mol. The van der Waals surface area contributed by atoms with Crippen LogP contribution in [0.4, 0.5) is 0 Å². The zero-order valence-electron chi connectivity index (χ0n) is 11.8. The van der Waals surface area contributed by atoms with Crippen LogP contribution in [0.5, 0.6) is 0 Å². The zero-order chi connectivity index (χ0) is 17.1. The molecule has 0 aliphatic carbocycles. The Balaban J connectivity index is 5.50. The Hall–Kier alpha value is -1.23. The van der Waals surface area contributed by atoms with E-state index in [1.165, 1.54) is 0 Å². The molecule has 6 N–H and O–H groups in total. The smallest absolute Gasteiger partial charge is 0.184 e. The van der Waals surface area contributed by atoms with Gasteiger partial charge in [-0.3, -0.25) is 14.4 Å². The fourth-order valence-electron chi connectivity index (χ4n) is 1.75. The molecule has 0 aliphatic heterocycles. The van der Waals surface area contributed by atoms with E-state index in [1.54, 1.807) is 0 Å². The summed E-state index contributed by atoms with van der Waals surface area (Å²) in [6.45, 7) is 2.48. The molecule has 0 aliphatic rings. The Kier molecular flexibility index (Phi) is 6.74. The van der Waals surface area contributed by atoms with Crippen LogP contribution >= 0.6 is 0 Å². The summed E-state index contributed by atoms with van der Waals surface area (Å²) in [5.41, 5.74) is -3.09. The summed E-state index contributed by atoms with van der Waals surface area (Å²) in [4.78, 5) is 33.5. The van der Waals surface area contributed by atoms with Gasteiger partial charge in [0.15, 0.2) is 29.1 Å². The second-order valence-electron chi connectivity index (χ2n) is 4.88. The topological polar surface area (TPSA) is 173 Å². The summed E-state index contributed by atoms with van der Waals surface area (Å²) in [6, 6.07) is 0. The molecular weight excluding hydrogens is 288 g/mol. The number of carbonyl (C=O) groups excluding carboxylic acids is 3. The molecule has 21 heavy (non-hydrogen) atoms. The largest absolute Gasteiger partial charge is 0.387 e. The molecule has 2 unspecified atom stereocenters. The molecule has 0 bridgehead atoms. The van der Waals surface area contributed by atoms with Crippen molar-refractivity contribution < 1.29 is 45.0 Å². The molecule has 0 saturated heterocycles. The van der Waals surface area contributed by atoms with Crippen molar-refractivity contribution in [2.75, 3.05) is 0 Å². The molecule has 0 aromatic rings. The highest BCUT2D eigenvalue weighted by molar-refractivity contribution is 5.94. The predicted molar refractivity (Wildman–Crippen MR) is 67.0 cm³/mol. The second-order valence-corrected chi connectivity index (χ2v) is 4.88. The van der Waals surface area contributed by atoms with Gasteiger partial charge in [0, 0.05) is 0 Å². The van der Waals surface area contributed by atoms with Crippen LogP contribution < -0.4 is 0 Å². The standard InChI is InChI=1S/C12H20O9/c1-4(13)7(16)8(17)9(18)11(20)12(21,6(3)15)10(19)5(2)14/h7-11,16-21H,1-3H3/t7?,8-,9+,10?,11-,12+/m0/s1. The van der Waals surface area contributed by atoms with Crippen molar-refractivity contribution in [3.63, 3.8) is 0 Å². The van der Waals surface area contributed by atoms with Crippen LogP contribution in [0.15, 0.2) is 0 Å². The number of aliphatic hydroxyl groups excluding tert-OH is 5. The minimum atomic E-state index is -3.09. The first-order valence-electron chi connectivity index (χ1n) is 6.03. The minimum Gasteiger partial charge on any atom is -0.387 e. The number of rotatable bonds is 8. The van der Waals surface area contributed by atoms with E-state index in [0.717, 1.165) is 20.8 Å². The molecule has 0 heterocycles.